The molecule has 8 nitrogen and oxygen atoms in total. The Kier molecular flexibility index (Phi) is 11.2. The highest BCUT2D eigenvalue weighted by Gasteiger charge is 2.35. The molecule has 0 aliphatic heterocycles. The van der Waals surface area contributed by atoms with Gasteiger partial charge in [0.15, 0.2) is 0 Å². The molecule has 1 saturated carbocycles. The van der Waals surface area contributed by atoms with E-state index in [9.17, 15) is 18.0 Å². The highest BCUT2D eigenvalue weighted by Crippen LogP contribution is 2.28. The molecule has 2 amide bonds. The number of sulfonamides is 1. The molecule has 4 aromatic carbocycles. The molecule has 0 aromatic heterocycles. The predicted molar refractivity (Wildman–Crippen MR) is 190 cm³/mol. The van der Waals surface area contributed by atoms with E-state index >= 15 is 0 Å². The van der Waals surface area contributed by atoms with Crippen molar-refractivity contribution in [3.63, 3.8) is 0 Å². The fraction of sp³-hybridized carbons (Fsp3) is 0.333. The molecule has 1 fully saturated rings. The van der Waals surface area contributed by atoms with Crippen molar-refractivity contribution < 1.29 is 22.7 Å². The lowest BCUT2D eigenvalue weighted by atomic mass is 10.0. The van der Waals surface area contributed by atoms with E-state index in [1.807, 2.05) is 81.4 Å². The molecule has 48 heavy (non-hydrogen) atoms. The van der Waals surface area contributed by atoms with Crippen LogP contribution in [0.1, 0.15) is 53.5 Å². The van der Waals surface area contributed by atoms with Crippen LogP contribution in [0, 0.1) is 20.8 Å². The van der Waals surface area contributed by atoms with Crippen LogP contribution in [0.15, 0.2) is 102 Å². The lowest BCUT2D eigenvalue weighted by Crippen LogP contribution is -2.54. The standard InChI is InChI=1S/C39H45N3O5S/c1-28-17-21-36(22-18-28)48(45,46)42(34-20-19-29(2)30(3)23-34)27-38(43)41(26-32-13-10-16-35(24-32)47-4)37(25-31-11-6-5-7-12-31)39(44)40-33-14-8-9-15-33/h5-7,10-13,16-24,33,37H,8-9,14-15,25-27H2,1-4H3,(H,40,44)/t37-/m1/s1. The van der Waals surface area contributed by atoms with Gasteiger partial charge in [-0.3, -0.25) is 13.9 Å². The topological polar surface area (TPSA) is 96.0 Å². The van der Waals surface area contributed by atoms with Crippen molar-refractivity contribution in [1.82, 2.24) is 10.2 Å². The molecule has 1 atom stereocenters. The van der Waals surface area contributed by atoms with Crippen molar-refractivity contribution in [2.45, 2.75) is 76.4 Å². The number of rotatable bonds is 13. The highest BCUT2D eigenvalue weighted by molar-refractivity contribution is 7.92. The maximum Gasteiger partial charge on any atom is 0.264 e. The molecule has 4 aromatic rings. The van der Waals surface area contributed by atoms with Gasteiger partial charge in [-0.1, -0.05) is 79.1 Å². The number of anilines is 1. The van der Waals surface area contributed by atoms with Crippen molar-refractivity contribution >= 4 is 27.5 Å². The fourth-order valence-corrected chi connectivity index (χ4v) is 7.54. The number of ether oxygens (including phenoxy) is 1. The molecule has 0 saturated heterocycles. The van der Waals surface area contributed by atoms with E-state index in [0.29, 0.717) is 11.4 Å². The van der Waals surface area contributed by atoms with E-state index in [2.05, 4.69) is 5.32 Å². The number of hydrogen-bond acceptors (Lipinski definition) is 5. The van der Waals surface area contributed by atoms with Crippen LogP contribution in [0.25, 0.3) is 0 Å². The zero-order chi connectivity index (χ0) is 34.3. The molecular weight excluding hydrogens is 623 g/mol. The van der Waals surface area contributed by atoms with E-state index < -0.39 is 28.5 Å². The Bertz CT molecular complexity index is 1820. The van der Waals surface area contributed by atoms with Gasteiger partial charge in [-0.25, -0.2) is 8.42 Å². The smallest absolute Gasteiger partial charge is 0.264 e. The summed E-state index contributed by atoms with van der Waals surface area (Å²) >= 11 is 0. The predicted octanol–water partition coefficient (Wildman–Crippen LogP) is 6.51. The number of benzene rings is 4. The Morgan fingerprint density at radius 2 is 1.52 bits per heavy atom. The van der Waals surface area contributed by atoms with Gasteiger partial charge in [-0.2, -0.15) is 0 Å². The maximum atomic E-state index is 14.8. The summed E-state index contributed by atoms with van der Waals surface area (Å²) in [4.78, 5) is 30.6. The van der Waals surface area contributed by atoms with Gasteiger partial charge in [-0.15, -0.1) is 0 Å². The lowest BCUT2D eigenvalue weighted by molar-refractivity contribution is -0.140. The van der Waals surface area contributed by atoms with Crippen LogP contribution in [-0.2, 0) is 32.6 Å². The second kappa shape index (κ2) is 15.5. The minimum absolute atomic E-state index is 0.0403. The molecule has 9 heteroatoms. The summed E-state index contributed by atoms with van der Waals surface area (Å²) < 4.78 is 35.3. The normalized spacial score (nSPS) is 13.9. The van der Waals surface area contributed by atoms with Gasteiger partial charge >= 0.3 is 0 Å². The summed E-state index contributed by atoms with van der Waals surface area (Å²) in [6, 6.07) is 28.1. The average Bonchev–Trinajstić information content (AvgIpc) is 3.60. The van der Waals surface area contributed by atoms with Crippen LogP contribution in [0.2, 0.25) is 0 Å². The second-order valence-electron chi connectivity index (χ2n) is 12.7. The van der Waals surface area contributed by atoms with Crippen molar-refractivity contribution in [2.24, 2.45) is 0 Å². The number of methoxy groups -OCH3 is 1. The van der Waals surface area contributed by atoms with Crippen LogP contribution in [0.5, 0.6) is 5.75 Å². The zero-order valence-electron chi connectivity index (χ0n) is 28.2. The third kappa shape index (κ3) is 8.44. The van der Waals surface area contributed by atoms with Gasteiger partial charge < -0.3 is 15.0 Å². The highest BCUT2D eigenvalue weighted by atomic mass is 32.2. The van der Waals surface area contributed by atoms with E-state index in [1.54, 1.807) is 43.5 Å². The van der Waals surface area contributed by atoms with Crippen molar-refractivity contribution in [3.8, 4) is 5.75 Å². The third-order valence-electron chi connectivity index (χ3n) is 9.13. The molecule has 252 valence electrons. The Morgan fingerprint density at radius 1 is 0.833 bits per heavy atom. The maximum absolute atomic E-state index is 14.8. The lowest BCUT2D eigenvalue weighted by Gasteiger charge is -2.34. The minimum Gasteiger partial charge on any atom is -0.497 e. The van der Waals surface area contributed by atoms with Gasteiger partial charge in [0, 0.05) is 19.0 Å². The first-order valence-electron chi connectivity index (χ1n) is 16.5. The van der Waals surface area contributed by atoms with E-state index in [0.717, 1.165) is 53.5 Å². The number of nitrogens with one attached hydrogen (secondary N) is 1. The Balaban J connectivity index is 1.59. The van der Waals surface area contributed by atoms with Gasteiger partial charge in [0.25, 0.3) is 10.0 Å². The van der Waals surface area contributed by atoms with Crippen LogP contribution in [0.3, 0.4) is 0 Å². The first-order valence-corrected chi connectivity index (χ1v) is 17.9. The molecule has 0 bridgehead atoms. The van der Waals surface area contributed by atoms with Crippen molar-refractivity contribution in [3.05, 3.63) is 125 Å². The summed E-state index contributed by atoms with van der Waals surface area (Å²) in [5.74, 6) is -0.121. The summed E-state index contributed by atoms with van der Waals surface area (Å²) in [6.07, 6.45) is 4.14. The van der Waals surface area contributed by atoms with Crippen molar-refractivity contribution in [2.75, 3.05) is 18.0 Å². The summed E-state index contributed by atoms with van der Waals surface area (Å²) in [6.45, 7) is 5.34. The SMILES string of the molecule is COc1cccc(CN(C(=O)CN(c2ccc(C)c(C)c2)S(=O)(=O)c2ccc(C)cc2)[C@H](Cc2ccccc2)C(=O)NC2CCCC2)c1. The molecule has 1 aliphatic carbocycles. The van der Waals surface area contributed by atoms with E-state index in [4.69, 9.17) is 4.74 Å². The Labute approximate surface area is 284 Å². The number of carbonyl (C=O) groups is 2. The first-order chi connectivity index (χ1) is 23.0. The number of hydrogen-bond donors (Lipinski definition) is 1. The number of amides is 2. The van der Waals surface area contributed by atoms with Gasteiger partial charge in [0.1, 0.15) is 18.3 Å². The molecule has 1 aliphatic rings. The average molecular weight is 668 g/mol. The monoisotopic (exact) mass is 667 g/mol. The summed E-state index contributed by atoms with van der Waals surface area (Å²) in [7, 11) is -2.59. The minimum atomic E-state index is -4.17. The largest absolute Gasteiger partial charge is 0.497 e. The number of aryl methyl sites for hydroxylation is 3. The molecule has 1 N–H and O–H groups in total. The number of carbonyl (C=O) groups excluding carboxylic acids is 2. The van der Waals surface area contributed by atoms with Crippen LogP contribution < -0.4 is 14.4 Å². The molecular formula is C39H45N3O5S. The Morgan fingerprint density at radius 3 is 2.19 bits per heavy atom. The quantitative estimate of drug-likeness (QED) is 0.175. The van der Waals surface area contributed by atoms with Crippen LogP contribution >= 0.6 is 0 Å². The second-order valence-corrected chi connectivity index (χ2v) is 14.5. The number of nitrogens with zero attached hydrogens (tertiary/aromatic N) is 2. The molecule has 0 heterocycles. The molecule has 5 rings (SSSR count). The van der Waals surface area contributed by atoms with Gasteiger partial charge in [0.2, 0.25) is 11.8 Å². The molecule has 0 unspecified atom stereocenters. The Hall–Kier alpha value is -4.63. The molecule has 0 spiro atoms. The summed E-state index contributed by atoms with van der Waals surface area (Å²) in [5, 5.41) is 3.21. The van der Waals surface area contributed by atoms with E-state index in [-0.39, 0.29) is 29.8 Å². The molecule has 0 radical (unpaired) electrons. The van der Waals surface area contributed by atoms with Gasteiger partial charge in [-0.05, 0) is 92.3 Å². The van der Waals surface area contributed by atoms with Crippen LogP contribution in [-0.4, -0.2) is 50.9 Å². The zero-order valence-corrected chi connectivity index (χ0v) is 29.0. The third-order valence-corrected chi connectivity index (χ3v) is 10.9. The van der Waals surface area contributed by atoms with Crippen LogP contribution in [0.4, 0.5) is 5.69 Å². The first kappa shape index (κ1) is 34.7. The summed E-state index contributed by atoms with van der Waals surface area (Å²) in [5.41, 5.74) is 4.85. The van der Waals surface area contributed by atoms with Crippen molar-refractivity contribution in [1.29, 1.82) is 0 Å². The van der Waals surface area contributed by atoms with Gasteiger partial charge in [0.05, 0.1) is 17.7 Å². The van der Waals surface area contributed by atoms with E-state index in [1.165, 1.54) is 9.21 Å². The fourth-order valence-electron chi connectivity index (χ4n) is 6.14.